The highest BCUT2D eigenvalue weighted by Crippen LogP contribution is 2.31. The van der Waals surface area contributed by atoms with E-state index in [2.05, 4.69) is 4.98 Å². The zero-order chi connectivity index (χ0) is 23.0. The van der Waals surface area contributed by atoms with Gasteiger partial charge in [-0.1, -0.05) is 30.3 Å². The van der Waals surface area contributed by atoms with Crippen molar-refractivity contribution in [3.8, 4) is 0 Å². The van der Waals surface area contributed by atoms with Gasteiger partial charge in [0.05, 0.1) is 23.7 Å². The van der Waals surface area contributed by atoms with Gasteiger partial charge in [0.25, 0.3) is 5.91 Å². The number of rotatable bonds is 6. The molecule has 1 N–H and O–H groups in total. The number of aromatic amines is 1. The molecule has 1 saturated heterocycles. The van der Waals surface area contributed by atoms with Crippen molar-refractivity contribution in [1.29, 1.82) is 0 Å². The second kappa shape index (κ2) is 8.74. The van der Waals surface area contributed by atoms with Crippen LogP contribution in [0.15, 0.2) is 64.3 Å². The van der Waals surface area contributed by atoms with E-state index in [1.165, 1.54) is 22.5 Å². The van der Waals surface area contributed by atoms with Crippen molar-refractivity contribution in [3.05, 3.63) is 76.1 Å². The van der Waals surface area contributed by atoms with Gasteiger partial charge in [-0.05, 0) is 36.6 Å². The molecule has 2 aliphatic rings. The first-order valence-corrected chi connectivity index (χ1v) is 12.5. The molecule has 5 rings (SSSR count). The van der Waals surface area contributed by atoms with Crippen molar-refractivity contribution in [2.75, 3.05) is 26.3 Å². The number of ether oxygens (including phenoxy) is 1. The molecule has 172 valence electrons. The van der Waals surface area contributed by atoms with Crippen LogP contribution in [0.1, 0.15) is 28.8 Å². The molecule has 0 spiro atoms. The van der Waals surface area contributed by atoms with Crippen molar-refractivity contribution >= 4 is 26.8 Å². The van der Waals surface area contributed by atoms with E-state index in [1.54, 1.807) is 11.0 Å². The Hall–Kier alpha value is -3.01. The minimum absolute atomic E-state index is 0.0963. The van der Waals surface area contributed by atoms with Crippen molar-refractivity contribution in [2.24, 2.45) is 0 Å². The first-order chi connectivity index (χ1) is 15.9. The molecule has 1 aromatic heterocycles. The van der Waals surface area contributed by atoms with Crippen LogP contribution in [-0.2, 0) is 21.3 Å². The molecule has 0 bridgehead atoms. The summed E-state index contributed by atoms with van der Waals surface area (Å²) in [4.78, 5) is 30.6. The van der Waals surface area contributed by atoms with Crippen molar-refractivity contribution in [1.82, 2.24) is 14.2 Å². The zero-order valence-corrected chi connectivity index (χ0v) is 18.9. The summed E-state index contributed by atoms with van der Waals surface area (Å²) in [5, 5.41) is 0.424. The third kappa shape index (κ3) is 4.44. The van der Waals surface area contributed by atoms with Gasteiger partial charge in [-0.25, -0.2) is 8.42 Å². The van der Waals surface area contributed by atoms with Crippen LogP contribution in [0, 0.1) is 0 Å². The molecule has 1 amide bonds. The van der Waals surface area contributed by atoms with E-state index in [4.69, 9.17) is 4.74 Å². The minimum atomic E-state index is -3.74. The fraction of sp³-hybridized carbons (Fsp3) is 0.333. The number of hydrogen-bond donors (Lipinski definition) is 1. The number of hydrogen-bond acceptors (Lipinski definition) is 5. The SMILES string of the molecule is O=C(c1cc(=O)[nH]c2ccc(S(=O)(=O)N3CCOCC3)cc12)N(Cc1ccccc1)C1CC1. The first kappa shape index (κ1) is 21.8. The molecule has 33 heavy (non-hydrogen) atoms. The lowest BCUT2D eigenvalue weighted by Gasteiger charge is -2.26. The molecule has 2 aromatic carbocycles. The molecule has 0 atom stereocenters. The lowest BCUT2D eigenvalue weighted by molar-refractivity contribution is 0.0730. The summed E-state index contributed by atoms with van der Waals surface area (Å²) in [7, 11) is -3.74. The minimum Gasteiger partial charge on any atom is -0.379 e. The summed E-state index contributed by atoms with van der Waals surface area (Å²) in [5.74, 6) is -0.265. The number of aromatic nitrogens is 1. The van der Waals surface area contributed by atoms with E-state index in [9.17, 15) is 18.0 Å². The maximum atomic E-state index is 13.7. The van der Waals surface area contributed by atoms with Crippen LogP contribution < -0.4 is 5.56 Å². The number of H-pyrrole nitrogens is 1. The summed E-state index contributed by atoms with van der Waals surface area (Å²) in [6, 6.07) is 15.6. The Balaban J connectivity index is 1.56. The highest BCUT2D eigenvalue weighted by Gasteiger charge is 2.34. The average molecular weight is 468 g/mol. The number of morpholine rings is 1. The number of benzene rings is 2. The van der Waals surface area contributed by atoms with E-state index in [-0.39, 0.29) is 35.5 Å². The Bertz CT molecular complexity index is 1340. The van der Waals surface area contributed by atoms with E-state index in [0.717, 1.165) is 18.4 Å². The van der Waals surface area contributed by atoms with Crippen LogP contribution in [0.2, 0.25) is 0 Å². The molecule has 3 aromatic rings. The van der Waals surface area contributed by atoms with E-state index < -0.39 is 15.6 Å². The van der Waals surface area contributed by atoms with Gasteiger partial charge in [0.1, 0.15) is 0 Å². The lowest BCUT2D eigenvalue weighted by atomic mass is 10.1. The highest BCUT2D eigenvalue weighted by molar-refractivity contribution is 7.89. The topological polar surface area (TPSA) is 99.8 Å². The van der Waals surface area contributed by atoms with Crippen LogP contribution in [-0.4, -0.2) is 60.9 Å². The quantitative estimate of drug-likeness (QED) is 0.600. The number of nitrogens with one attached hydrogen (secondary N) is 1. The van der Waals surface area contributed by atoms with Gasteiger partial charge >= 0.3 is 0 Å². The summed E-state index contributed by atoms with van der Waals surface area (Å²) in [6.07, 6.45) is 1.83. The molecule has 2 fully saturated rings. The average Bonchev–Trinajstić information content (AvgIpc) is 3.68. The summed E-state index contributed by atoms with van der Waals surface area (Å²) >= 11 is 0. The Morgan fingerprint density at radius 3 is 2.48 bits per heavy atom. The van der Waals surface area contributed by atoms with Gasteiger partial charge in [0.15, 0.2) is 0 Å². The molecule has 1 aliphatic carbocycles. The van der Waals surface area contributed by atoms with E-state index in [0.29, 0.717) is 30.7 Å². The standard InChI is InChI=1S/C24H25N3O5S/c28-23-15-21(24(29)27(18-6-7-18)16-17-4-2-1-3-5-17)20-14-19(8-9-22(20)25-23)33(30,31)26-10-12-32-13-11-26/h1-5,8-9,14-15,18H,6-7,10-13,16H2,(H,25,28). The predicted molar refractivity (Wildman–Crippen MR) is 123 cm³/mol. The molecular formula is C24H25N3O5S. The van der Waals surface area contributed by atoms with Gasteiger partial charge < -0.3 is 14.6 Å². The van der Waals surface area contributed by atoms with E-state index in [1.807, 2.05) is 30.3 Å². The maximum Gasteiger partial charge on any atom is 0.255 e. The number of carbonyl (C=O) groups excluding carboxylic acids is 1. The predicted octanol–water partition coefficient (Wildman–Crippen LogP) is 2.35. The fourth-order valence-electron chi connectivity index (χ4n) is 4.19. The fourth-order valence-corrected chi connectivity index (χ4v) is 5.63. The molecule has 2 heterocycles. The van der Waals surface area contributed by atoms with Crippen LogP contribution >= 0.6 is 0 Å². The number of nitrogens with zero attached hydrogens (tertiary/aromatic N) is 2. The van der Waals surface area contributed by atoms with E-state index >= 15 is 0 Å². The number of amides is 1. The third-order valence-corrected chi connectivity index (χ3v) is 7.99. The lowest BCUT2D eigenvalue weighted by Crippen LogP contribution is -2.40. The van der Waals surface area contributed by atoms with Gasteiger partial charge in [-0.15, -0.1) is 0 Å². The van der Waals surface area contributed by atoms with Gasteiger partial charge in [0.2, 0.25) is 15.6 Å². The smallest absolute Gasteiger partial charge is 0.255 e. The molecule has 0 radical (unpaired) electrons. The highest BCUT2D eigenvalue weighted by atomic mass is 32.2. The monoisotopic (exact) mass is 467 g/mol. The molecule has 1 saturated carbocycles. The van der Waals surface area contributed by atoms with Gasteiger partial charge in [-0.3, -0.25) is 9.59 Å². The third-order valence-electron chi connectivity index (χ3n) is 6.10. The largest absolute Gasteiger partial charge is 0.379 e. The van der Waals surface area contributed by atoms with Gasteiger partial charge in [-0.2, -0.15) is 4.31 Å². The molecule has 9 heteroatoms. The van der Waals surface area contributed by atoms with Crippen molar-refractivity contribution in [3.63, 3.8) is 0 Å². The Morgan fingerprint density at radius 1 is 1.06 bits per heavy atom. The number of sulfonamides is 1. The summed E-state index contributed by atoms with van der Waals surface area (Å²) in [6.45, 7) is 1.69. The summed E-state index contributed by atoms with van der Waals surface area (Å²) in [5.41, 5.74) is 1.26. The van der Waals surface area contributed by atoms with Crippen molar-refractivity contribution in [2.45, 2.75) is 30.3 Å². The Morgan fingerprint density at radius 2 is 1.79 bits per heavy atom. The molecular weight excluding hydrogens is 442 g/mol. The Labute approximate surface area is 191 Å². The van der Waals surface area contributed by atoms with Crippen LogP contribution in [0.3, 0.4) is 0 Å². The van der Waals surface area contributed by atoms with Crippen molar-refractivity contribution < 1.29 is 17.9 Å². The number of carbonyl (C=O) groups is 1. The number of fused-ring (bicyclic) bond motifs is 1. The summed E-state index contributed by atoms with van der Waals surface area (Å²) < 4.78 is 33.0. The van der Waals surface area contributed by atoms with Crippen LogP contribution in [0.25, 0.3) is 10.9 Å². The molecule has 1 aliphatic heterocycles. The number of pyridine rings is 1. The Kier molecular flexibility index (Phi) is 5.77. The molecule has 0 unspecified atom stereocenters. The van der Waals surface area contributed by atoms with Gasteiger partial charge in [0, 0.05) is 42.6 Å². The molecule has 8 nitrogen and oxygen atoms in total. The maximum absolute atomic E-state index is 13.7. The second-order valence-electron chi connectivity index (χ2n) is 8.42. The first-order valence-electron chi connectivity index (χ1n) is 11.0. The normalized spacial score (nSPS) is 17.2. The van der Waals surface area contributed by atoms with Crippen LogP contribution in [0.5, 0.6) is 0 Å². The van der Waals surface area contributed by atoms with Crippen LogP contribution in [0.4, 0.5) is 0 Å². The second-order valence-corrected chi connectivity index (χ2v) is 10.4. The zero-order valence-electron chi connectivity index (χ0n) is 18.1.